The van der Waals surface area contributed by atoms with E-state index in [1.807, 2.05) is 6.92 Å². The van der Waals surface area contributed by atoms with Crippen molar-refractivity contribution >= 4 is 12.2 Å². The molecule has 1 aliphatic carbocycles. The molecule has 10 heavy (non-hydrogen) atoms. The molecule has 0 saturated carbocycles. The summed E-state index contributed by atoms with van der Waals surface area (Å²) in [6.45, 7) is 1.97. The minimum absolute atomic E-state index is 0.948. The maximum absolute atomic E-state index is 5.05. The molecule has 0 amide bonds. The zero-order chi connectivity index (χ0) is 6.97. The Morgan fingerprint density at radius 3 is 3.00 bits per heavy atom. The van der Waals surface area contributed by atoms with E-state index in [1.54, 1.807) is 0 Å². The van der Waals surface area contributed by atoms with Crippen molar-refractivity contribution in [2.45, 2.75) is 19.8 Å². The second-order valence-electron chi connectivity index (χ2n) is 2.53. The highest BCUT2D eigenvalue weighted by Gasteiger charge is 2.00. The van der Waals surface area contributed by atoms with Crippen LogP contribution < -0.4 is 10.6 Å². The average molecular weight is 135 g/mol. The highest BCUT2D eigenvalue weighted by atomic mass is 16.5. The van der Waals surface area contributed by atoms with Gasteiger partial charge >= 0.3 is 0 Å². The summed E-state index contributed by atoms with van der Waals surface area (Å²) in [5.74, 6) is 0. The highest BCUT2D eigenvalue weighted by molar-refractivity contribution is 5.35. The topological polar surface area (TPSA) is 26.0 Å². The van der Waals surface area contributed by atoms with Crippen LogP contribution in [0.25, 0.3) is 12.2 Å². The zero-order valence-electron chi connectivity index (χ0n) is 5.92. The van der Waals surface area contributed by atoms with Crippen LogP contribution in [0.3, 0.4) is 0 Å². The van der Waals surface area contributed by atoms with Crippen molar-refractivity contribution in [3.8, 4) is 0 Å². The number of hydrogen-bond acceptors (Lipinski definition) is 2. The Morgan fingerprint density at radius 1 is 1.40 bits per heavy atom. The molecule has 0 unspecified atom stereocenters. The second-order valence-corrected chi connectivity index (χ2v) is 2.53. The molecule has 0 atom stereocenters. The van der Waals surface area contributed by atoms with Gasteiger partial charge in [-0.15, -0.1) is 0 Å². The minimum atomic E-state index is 0.948. The summed E-state index contributed by atoms with van der Waals surface area (Å²) in [5, 5.41) is 5.05. The first kappa shape index (κ1) is 5.71. The van der Waals surface area contributed by atoms with Crippen molar-refractivity contribution in [1.82, 2.24) is 5.16 Å². The van der Waals surface area contributed by atoms with Gasteiger partial charge in [-0.25, -0.2) is 0 Å². The Bertz CT molecular complexity index is 348. The molecule has 2 nitrogen and oxygen atoms in total. The molecule has 0 saturated heterocycles. The Morgan fingerprint density at radius 2 is 2.20 bits per heavy atom. The lowest BCUT2D eigenvalue weighted by atomic mass is 10.1. The van der Waals surface area contributed by atoms with Gasteiger partial charge in [0.25, 0.3) is 0 Å². The van der Waals surface area contributed by atoms with E-state index < -0.39 is 0 Å². The largest absolute Gasteiger partial charge is 0.356 e. The molecule has 2 rings (SSSR count). The number of aromatic nitrogens is 1. The molecule has 0 aromatic carbocycles. The van der Waals surface area contributed by atoms with Gasteiger partial charge in [0, 0.05) is 5.22 Å². The van der Waals surface area contributed by atoms with E-state index in [1.165, 1.54) is 5.22 Å². The van der Waals surface area contributed by atoms with E-state index in [9.17, 15) is 0 Å². The molecule has 1 aliphatic rings. The minimum Gasteiger partial charge on any atom is -0.356 e. The third-order valence-electron chi connectivity index (χ3n) is 1.78. The molecular formula is C8H9NO. The molecule has 0 fully saturated rings. The molecular weight excluding hydrogens is 126 g/mol. The summed E-state index contributed by atoms with van der Waals surface area (Å²) >= 11 is 0. The van der Waals surface area contributed by atoms with Crippen LogP contribution in [0, 0.1) is 6.92 Å². The molecule has 1 heterocycles. The summed E-state index contributed by atoms with van der Waals surface area (Å²) in [6.07, 6.45) is 6.48. The lowest BCUT2D eigenvalue weighted by Crippen LogP contribution is -2.23. The van der Waals surface area contributed by atoms with Gasteiger partial charge in [0.15, 0.2) is 5.42 Å². The summed E-state index contributed by atoms with van der Waals surface area (Å²) in [7, 11) is 0. The van der Waals surface area contributed by atoms with Crippen LogP contribution in [0.5, 0.6) is 0 Å². The molecule has 0 spiro atoms. The third-order valence-corrected chi connectivity index (χ3v) is 1.78. The van der Waals surface area contributed by atoms with Crippen LogP contribution in [0.1, 0.15) is 18.5 Å². The van der Waals surface area contributed by atoms with Crippen molar-refractivity contribution in [1.29, 1.82) is 0 Å². The summed E-state index contributed by atoms with van der Waals surface area (Å²) in [4.78, 5) is 0. The van der Waals surface area contributed by atoms with Crippen LogP contribution in [-0.4, -0.2) is 5.16 Å². The fourth-order valence-electron chi connectivity index (χ4n) is 1.23. The van der Waals surface area contributed by atoms with E-state index in [2.05, 4.69) is 17.3 Å². The number of hydrogen-bond donors (Lipinski definition) is 0. The van der Waals surface area contributed by atoms with Gasteiger partial charge in [0.05, 0.1) is 5.69 Å². The fraction of sp³-hybridized carbons (Fsp3) is 0.375. The SMILES string of the molecule is Cc1noc2c1=CCCC=2. The maximum atomic E-state index is 5.05. The Kier molecular flexibility index (Phi) is 1.13. The normalized spacial score (nSPS) is 15.3. The second kappa shape index (κ2) is 1.97. The van der Waals surface area contributed by atoms with Crippen molar-refractivity contribution in [3.63, 3.8) is 0 Å². The average Bonchev–Trinajstić information content (AvgIpc) is 2.34. The first-order chi connectivity index (χ1) is 4.88. The predicted octanol–water partition coefficient (Wildman–Crippen LogP) is 0.338. The molecule has 0 radical (unpaired) electrons. The van der Waals surface area contributed by atoms with Crippen molar-refractivity contribution in [2.24, 2.45) is 0 Å². The standard InChI is InChI=1S/C8H9NO/c1-6-7-4-2-3-5-8(7)10-9-6/h4-5H,2-3H2,1H3. The molecule has 2 heteroatoms. The predicted molar refractivity (Wildman–Crippen MR) is 38.7 cm³/mol. The van der Waals surface area contributed by atoms with Crippen LogP contribution in [-0.2, 0) is 0 Å². The van der Waals surface area contributed by atoms with Crippen molar-refractivity contribution < 1.29 is 4.52 Å². The van der Waals surface area contributed by atoms with Gasteiger partial charge in [-0.1, -0.05) is 11.2 Å². The molecule has 1 aromatic rings. The van der Waals surface area contributed by atoms with Gasteiger partial charge in [-0.05, 0) is 25.8 Å². The lowest BCUT2D eigenvalue weighted by molar-refractivity contribution is 0.388. The van der Waals surface area contributed by atoms with Gasteiger partial charge in [-0.2, -0.15) is 0 Å². The van der Waals surface area contributed by atoms with Crippen LogP contribution in [0.4, 0.5) is 0 Å². The van der Waals surface area contributed by atoms with Gasteiger partial charge in [0.1, 0.15) is 0 Å². The quantitative estimate of drug-likeness (QED) is 0.512. The van der Waals surface area contributed by atoms with Crippen molar-refractivity contribution in [2.75, 3.05) is 0 Å². The van der Waals surface area contributed by atoms with Crippen LogP contribution in [0.15, 0.2) is 4.52 Å². The molecule has 0 aliphatic heterocycles. The first-order valence-electron chi connectivity index (χ1n) is 3.50. The number of nitrogens with zero attached hydrogens (tertiary/aromatic N) is 1. The smallest absolute Gasteiger partial charge is 0.162 e. The summed E-state index contributed by atoms with van der Waals surface area (Å²) in [6, 6.07) is 0. The van der Waals surface area contributed by atoms with Gasteiger partial charge in [-0.3, -0.25) is 0 Å². The van der Waals surface area contributed by atoms with Gasteiger partial charge < -0.3 is 4.52 Å². The zero-order valence-corrected chi connectivity index (χ0v) is 5.92. The van der Waals surface area contributed by atoms with Crippen LogP contribution >= 0.6 is 0 Å². The number of aryl methyl sites for hydroxylation is 1. The third kappa shape index (κ3) is 0.685. The molecule has 1 aromatic heterocycles. The Balaban J connectivity index is 2.89. The summed E-state index contributed by atoms with van der Waals surface area (Å²) < 4.78 is 5.05. The fourth-order valence-corrected chi connectivity index (χ4v) is 1.23. The van der Waals surface area contributed by atoms with E-state index in [4.69, 9.17) is 4.52 Å². The Hall–Kier alpha value is -1.05. The number of fused-ring (bicyclic) bond motifs is 1. The Labute approximate surface area is 58.8 Å². The summed E-state index contributed by atoms with van der Waals surface area (Å²) in [5.41, 5.74) is 1.95. The van der Waals surface area contributed by atoms with E-state index in [0.717, 1.165) is 24.0 Å². The monoisotopic (exact) mass is 135 g/mol. The number of rotatable bonds is 0. The van der Waals surface area contributed by atoms with Crippen molar-refractivity contribution in [3.05, 3.63) is 16.3 Å². The van der Waals surface area contributed by atoms with Crippen LogP contribution in [0.2, 0.25) is 0 Å². The molecule has 0 bridgehead atoms. The van der Waals surface area contributed by atoms with Gasteiger partial charge in [0.2, 0.25) is 0 Å². The van der Waals surface area contributed by atoms with E-state index in [-0.39, 0.29) is 0 Å². The maximum Gasteiger partial charge on any atom is 0.162 e. The van der Waals surface area contributed by atoms with E-state index >= 15 is 0 Å². The lowest BCUT2D eigenvalue weighted by Gasteiger charge is -1.89. The molecule has 52 valence electrons. The first-order valence-corrected chi connectivity index (χ1v) is 3.50. The van der Waals surface area contributed by atoms with E-state index in [0.29, 0.717) is 0 Å². The highest BCUT2D eigenvalue weighted by Crippen LogP contribution is 1.95. The molecule has 0 N–H and O–H groups in total.